The van der Waals surface area contributed by atoms with Gasteiger partial charge in [-0.15, -0.1) is 0 Å². The van der Waals surface area contributed by atoms with Crippen molar-refractivity contribution in [2.45, 2.75) is 24.9 Å². The van der Waals surface area contributed by atoms with Crippen LogP contribution >= 0.6 is 0 Å². The Hall–Kier alpha value is -2.25. The fraction of sp³-hybridized carbons (Fsp3) is 0.308. The number of aromatic nitrogens is 3. The van der Waals surface area contributed by atoms with Crippen LogP contribution in [0.4, 0.5) is 23.5 Å². The first-order valence-electron chi connectivity index (χ1n) is 6.23. The number of nitrogens with two attached hydrogens (primary N) is 1. The third-order valence-corrected chi connectivity index (χ3v) is 3.14. The number of hydrogen-bond acceptors (Lipinski definition) is 4. The lowest BCUT2D eigenvalue weighted by molar-refractivity contribution is -0.137. The largest absolute Gasteiger partial charge is 0.417 e. The van der Waals surface area contributed by atoms with Crippen LogP contribution in [0.1, 0.15) is 30.1 Å². The number of halogens is 4. The highest BCUT2D eigenvalue weighted by Gasteiger charge is 2.35. The molecular formula is C13H10F4N4. The Kier molecular flexibility index (Phi) is 3.03. The van der Waals surface area contributed by atoms with Gasteiger partial charge in [0, 0.05) is 11.5 Å². The second kappa shape index (κ2) is 4.64. The van der Waals surface area contributed by atoms with Gasteiger partial charge in [-0.05, 0) is 31.0 Å². The molecule has 1 heterocycles. The fourth-order valence-corrected chi connectivity index (χ4v) is 2.00. The first-order valence-corrected chi connectivity index (χ1v) is 6.23. The quantitative estimate of drug-likeness (QED) is 0.865. The van der Waals surface area contributed by atoms with Crippen LogP contribution in [-0.4, -0.2) is 15.0 Å². The lowest BCUT2D eigenvalue weighted by atomic mass is 10.1. The van der Waals surface area contributed by atoms with Gasteiger partial charge in [0.15, 0.2) is 5.82 Å². The highest BCUT2D eigenvalue weighted by atomic mass is 19.4. The zero-order chi connectivity index (χ0) is 15.2. The van der Waals surface area contributed by atoms with Crippen LogP contribution in [0.3, 0.4) is 0 Å². The van der Waals surface area contributed by atoms with E-state index in [9.17, 15) is 17.6 Å². The van der Waals surface area contributed by atoms with E-state index in [-0.39, 0.29) is 17.7 Å². The molecule has 4 nitrogen and oxygen atoms in total. The van der Waals surface area contributed by atoms with Gasteiger partial charge in [-0.1, -0.05) is 0 Å². The molecule has 0 unspecified atom stereocenters. The van der Waals surface area contributed by atoms with E-state index < -0.39 is 23.1 Å². The van der Waals surface area contributed by atoms with Crippen molar-refractivity contribution in [3.63, 3.8) is 0 Å². The third kappa shape index (κ3) is 2.79. The van der Waals surface area contributed by atoms with E-state index in [1.54, 1.807) is 0 Å². The van der Waals surface area contributed by atoms with Gasteiger partial charge >= 0.3 is 6.18 Å². The molecule has 0 spiro atoms. The lowest BCUT2D eigenvalue weighted by Gasteiger charge is -2.12. The molecule has 110 valence electrons. The molecule has 8 heteroatoms. The van der Waals surface area contributed by atoms with Crippen molar-refractivity contribution < 1.29 is 17.6 Å². The molecular weight excluding hydrogens is 288 g/mol. The van der Waals surface area contributed by atoms with E-state index in [0.717, 1.165) is 25.0 Å². The van der Waals surface area contributed by atoms with Crippen LogP contribution in [0.25, 0.3) is 11.4 Å². The average molecular weight is 298 g/mol. The van der Waals surface area contributed by atoms with Gasteiger partial charge in [-0.2, -0.15) is 23.1 Å². The van der Waals surface area contributed by atoms with Crippen LogP contribution in [0.5, 0.6) is 0 Å². The molecule has 0 radical (unpaired) electrons. The second-order valence-electron chi connectivity index (χ2n) is 4.84. The van der Waals surface area contributed by atoms with Crippen molar-refractivity contribution in [1.82, 2.24) is 15.0 Å². The van der Waals surface area contributed by atoms with Gasteiger partial charge < -0.3 is 5.73 Å². The molecule has 1 aromatic carbocycles. The van der Waals surface area contributed by atoms with Crippen LogP contribution in [0.2, 0.25) is 0 Å². The van der Waals surface area contributed by atoms with Crippen molar-refractivity contribution in [3.05, 3.63) is 35.4 Å². The predicted molar refractivity (Wildman–Crippen MR) is 66.6 cm³/mol. The Morgan fingerprint density at radius 1 is 1.10 bits per heavy atom. The van der Waals surface area contributed by atoms with E-state index in [1.807, 2.05) is 0 Å². The van der Waals surface area contributed by atoms with Gasteiger partial charge in [0.1, 0.15) is 11.6 Å². The number of alkyl halides is 3. The molecule has 1 aliphatic carbocycles. The summed E-state index contributed by atoms with van der Waals surface area (Å²) in [5.74, 6) is -0.771. The molecule has 0 bridgehead atoms. The molecule has 0 aliphatic heterocycles. The average Bonchev–Trinajstić information content (AvgIpc) is 3.20. The van der Waals surface area contributed by atoms with E-state index >= 15 is 0 Å². The van der Waals surface area contributed by atoms with Gasteiger partial charge in [0.25, 0.3) is 0 Å². The predicted octanol–water partition coefficient (Wildman–Crippen LogP) is 3.16. The topological polar surface area (TPSA) is 64.7 Å². The first kappa shape index (κ1) is 13.7. The molecule has 3 rings (SSSR count). The highest BCUT2D eigenvalue weighted by Crippen LogP contribution is 2.40. The minimum Gasteiger partial charge on any atom is -0.368 e. The highest BCUT2D eigenvalue weighted by molar-refractivity contribution is 5.62. The Labute approximate surface area is 117 Å². The zero-order valence-electron chi connectivity index (χ0n) is 10.7. The van der Waals surface area contributed by atoms with Gasteiger partial charge in [0.05, 0.1) is 5.56 Å². The molecule has 1 fully saturated rings. The first-order chi connectivity index (χ1) is 9.84. The molecule has 1 saturated carbocycles. The maximum atomic E-state index is 13.3. The molecule has 1 aliphatic rings. The van der Waals surface area contributed by atoms with Gasteiger partial charge in [-0.25, -0.2) is 9.37 Å². The van der Waals surface area contributed by atoms with Crippen LogP contribution in [0.15, 0.2) is 18.2 Å². The fourth-order valence-electron chi connectivity index (χ4n) is 2.00. The van der Waals surface area contributed by atoms with Crippen molar-refractivity contribution in [3.8, 4) is 11.4 Å². The lowest BCUT2D eigenvalue weighted by Crippen LogP contribution is -2.10. The Morgan fingerprint density at radius 3 is 2.43 bits per heavy atom. The van der Waals surface area contributed by atoms with Crippen LogP contribution in [-0.2, 0) is 6.18 Å². The number of rotatable bonds is 2. The van der Waals surface area contributed by atoms with E-state index in [1.165, 1.54) is 0 Å². The third-order valence-electron chi connectivity index (χ3n) is 3.14. The number of hydrogen-bond donors (Lipinski definition) is 1. The van der Waals surface area contributed by atoms with Crippen molar-refractivity contribution >= 4 is 5.95 Å². The molecule has 0 amide bonds. The molecule has 2 N–H and O–H groups in total. The Bertz CT molecular complexity index is 695. The number of nitrogens with zero attached hydrogens (tertiary/aromatic N) is 3. The van der Waals surface area contributed by atoms with Gasteiger partial charge in [-0.3, -0.25) is 0 Å². The standard InChI is InChI=1S/C13H10F4N4/c14-7-3-4-9(13(15,16)17)8(5-7)11-19-10(6-1-2-6)20-12(18)21-11/h3-6H,1-2H2,(H2,18,19,20,21). The normalized spacial score (nSPS) is 15.2. The van der Waals surface area contributed by atoms with E-state index in [4.69, 9.17) is 5.73 Å². The summed E-state index contributed by atoms with van der Waals surface area (Å²) in [6.07, 6.45) is -2.92. The molecule has 2 aromatic rings. The second-order valence-corrected chi connectivity index (χ2v) is 4.84. The van der Waals surface area contributed by atoms with E-state index in [0.29, 0.717) is 11.9 Å². The number of nitrogen functional groups attached to an aromatic ring is 1. The SMILES string of the molecule is Nc1nc(-c2cc(F)ccc2C(F)(F)F)nc(C2CC2)n1. The molecule has 21 heavy (non-hydrogen) atoms. The summed E-state index contributed by atoms with van der Waals surface area (Å²) in [4.78, 5) is 11.6. The number of anilines is 1. The summed E-state index contributed by atoms with van der Waals surface area (Å²) in [5, 5.41) is 0. The summed E-state index contributed by atoms with van der Waals surface area (Å²) in [6.45, 7) is 0. The van der Waals surface area contributed by atoms with Crippen molar-refractivity contribution in [2.75, 3.05) is 5.73 Å². The van der Waals surface area contributed by atoms with Crippen LogP contribution < -0.4 is 5.73 Å². The minimum absolute atomic E-state index is 0.0944. The smallest absolute Gasteiger partial charge is 0.368 e. The summed E-state index contributed by atoms with van der Waals surface area (Å²) in [5.41, 5.74) is 4.09. The van der Waals surface area contributed by atoms with E-state index in [2.05, 4.69) is 15.0 Å². The summed E-state index contributed by atoms with van der Waals surface area (Å²) in [7, 11) is 0. The Morgan fingerprint density at radius 2 is 1.81 bits per heavy atom. The molecule has 0 atom stereocenters. The summed E-state index contributed by atoms with van der Waals surface area (Å²) >= 11 is 0. The summed E-state index contributed by atoms with van der Waals surface area (Å²) < 4.78 is 52.4. The maximum absolute atomic E-state index is 13.3. The van der Waals surface area contributed by atoms with Crippen LogP contribution in [0, 0.1) is 5.82 Å². The molecule has 1 aromatic heterocycles. The minimum atomic E-state index is -4.63. The maximum Gasteiger partial charge on any atom is 0.417 e. The van der Waals surface area contributed by atoms with Crippen molar-refractivity contribution in [2.24, 2.45) is 0 Å². The monoisotopic (exact) mass is 298 g/mol. The van der Waals surface area contributed by atoms with Gasteiger partial charge in [0.2, 0.25) is 5.95 Å². The summed E-state index contributed by atoms with van der Waals surface area (Å²) in [6, 6.07) is 2.17. The zero-order valence-corrected chi connectivity index (χ0v) is 10.7. The number of benzene rings is 1. The van der Waals surface area contributed by atoms with Crippen molar-refractivity contribution in [1.29, 1.82) is 0 Å². The Balaban J connectivity index is 2.17. The molecule has 0 saturated heterocycles.